The molecule has 0 spiro atoms. The van der Waals surface area contributed by atoms with Gasteiger partial charge < -0.3 is 23.4 Å². The normalized spacial score (nSPS) is 10.6. The van der Waals surface area contributed by atoms with Gasteiger partial charge in [-0.25, -0.2) is 4.79 Å². The van der Waals surface area contributed by atoms with Gasteiger partial charge in [-0.15, -0.1) is 11.3 Å². The van der Waals surface area contributed by atoms with Crippen molar-refractivity contribution in [2.45, 2.75) is 0 Å². The van der Waals surface area contributed by atoms with Crippen LogP contribution in [0.5, 0.6) is 17.2 Å². The Bertz CT molecular complexity index is 1820. The molecule has 0 fully saturated rings. The number of benzene rings is 3. The van der Waals surface area contributed by atoms with Gasteiger partial charge in [-0.2, -0.15) is 5.26 Å². The maximum atomic E-state index is 12.9. The molecule has 212 valence electrons. The van der Waals surface area contributed by atoms with Crippen LogP contribution in [0.3, 0.4) is 0 Å². The van der Waals surface area contributed by atoms with E-state index >= 15 is 0 Å². The first-order chi connectivity index (χ1) is 20.4. The lowest BCUT2D eigenvalue weighted by atomic mass is 9.98. The third kappa shape index (κ3) is 5.61. The molecule has 0 atom stereocenters. The van der Waals surface area contributed by atoms with Crippen molar-refractivity contribution in [1.82, 2.24) is 0 Å². The summed E-state index contributed by atoms with van der Waals surface area (Å²) in [6.07, 6.45) is 0. The second-order valence-electron chi connectivity index (χ2n) is 8.81. The lowest BCUT2D eigenvalue weighted by Gasteiger charge is -2.06. The van der Waals surface area contributed by atoms with Gasteiger partial charge in [-0.1, -0.05) is 23.7 Å². The number of carbonyl (C=O) groups is 2. The monoisotopic (exact) mass is 602 g/mol. The van der Waals surface area contributed by atoms with Crippen molar-refractivity contribution < 1.29 is 33.0 Å². The molecule has 0 aliphatic carbocycles. The third-order valence-corrected chi connectivity index (χ3v) is 8.00. The van der Waals surface area contributed by atoms with Crippen LogP contribution in [-0.2, 0) is 9.53 Å². The van der Waals surface area contributed by atoms with Crippen molar-refractivity contribution in [3.05, 3.63) is 82.2 Å². The molecule has 1 N–H and O–H groups in total. The number of ether oxygens (including phenoxy) is 4. The maximum absolute atomic E-state index is 12.9. The zero-order chi connectivity index (χ0) is 29.8. The van der Waals surface area contributed by atoms with Crippen LogP contribution in [0, 0.1) is 11.3 Å². The Morgan fingerprint density at radius 3 is 2.10 bits per heavy atom. The molecule has 42 heavy (non-hydrogen) atoms. The molecule has 2 aromatic heterocycles. The summed E-state index contributed by atoms with van der Waals surface area (Å²) in [4.78, 5) is 25.8. The average Bonchev–Trinajstić information content (AvgIpc) is 3.56. The van der Waals surface area contributed by atoms with Gasteiger partial charge in [0.2, 0.25) is 5.88 Å². The number of nitrogens with one attached hydrogen (secondary N) is 1. The number of esters is 1. The number of halogens is 1. The lowest BCUT2D eigenvalue weighted by molar-refractivity contribution is -0.119. The van der Waals surface area contributed by atoms with E-state index in [-0.39, 0.29) is 21.3 Å². The number of rotatable bonds is 9. The molecule has 0 aliphatic heterocycles. The van der Waals surface area contributed by atoms with Gasteiger partial charge in [0.05, 0.1) is 26.4 Å². The summed E-state index contributed by atoms with van der Waals surface area (Å²) < 4.78 is 27.8. The van der Waals surface area contributed by atoms with Crippen LogP contribution in [-0.4, -0.2) is 39.8 Å². The van der Waals surface area contributed by atoms with Crippen molar-refractivity contribution in [1.29, 1.82) is 5.26 Å². The number of thiophene rings is 1. The highest BCUT2D eigenvalue weighted by Gasteiger charge is 2.25. The van der Waals surface area contributed by atoms with Gasteiger partial charge in [0.15, 0.2) is 6.61 Å². The van der Waals surface area contributed by atoms with E-state index in [2.05, 4.69) is 11.4 Å². The number of methoxy groups -OCH3 is 3. The van der Waals surface area contributed by atoms with Crippen LogP contribution in [0.4, 0.5) is 5.88 Å². The van der Waals surface area contributed by atoms with Gasteiger partial charge in [0.25, 0.3) is 5.91 Å². The Hall–Kier alpha value is -4.98. The standard InChI is InChI=1S/C31H23ClN2O7S/c1-37-19-8-4-17(5-9-19)26-23(15-33)30(41-28(26)18-6-10-20(38-2)11-7-18)34-25(35)16-40-31(36)29-27(32)22-13-12-21(39-3)14-24(22)42-29/h4-14H,16H2,1-3H3,(H,34,35). The average molecular weight is 603 g/mol. The quantitative estimate of drug-likeness (QED) is 0.176. The van der Waals surface area contributed by atoms with E-state index in [0.717, 1.165) is 16.0 Å². The Kier molecular flexibility index (Phi) is 8.33. The molecule has 0 unspecified atom stereocenters. The second kappa shape index (κ2) is 12.3. The van der Waals surface area contributed by atoms with E-state index in [4.69, 9.17) is 35.0 Å². The summed E-state index contributed by atoms with van der Waals surface area (Å²) in [7, 11) is 4.66. The molecular formula is C31H23ClN2O7S. The Morgan fingerprint density at radius 1 is 0.905 bits per heavy atom. The number of hydrogen-bond donors (Lipinski definition) is 1. The van der Waals surface area contributed by atoms with Crippen molar-refractivity contribution in [2.24, 2.45) is 0 Å². The molecule has 9 nitrogen and oxygen atoms in total. The zero-order valence-electron chi connectivity index (χ0n) is 22.6. The first kappa shape index (κ1) is 28.5. The van der Waals surface area contributed by atoms with Crippen molar-refractivity contribution in [3.63, 3.8) is 0 Å². The molecule has 11 heteroatoms. The summed E-state index contributed by atoms with van der Waals surface area (Å²) in [5.41, 5.74) is 1.91. The van der Waals surface area contributed by atoms with Gasteiger partial charge in [-0.3, -0.25) is 10.1 Å². The number of amides is 1. The zero-order valence-corrected chi connectivity index (χ0v) is 24.2. The minimum atomic E-state index is -0.756. The second-order valence-corrected chi connectivity index (χ2v) is 10.2. The maximum Gasteiger partial charge on any atom is 0.350 e. The number of carbonyl (C=O) groups excluding carboxylic acids is 2. The predicted octanol–water partition coefficient (Wildman–Crippen LogP) is 7.17. The largest absolute Gasteiger partial charge is 0.497 e. The number of hydrogen-bond acceptors (Lipinski definition) is 9. The molecule has 0 saturated heterocycles. The first-order valence-electron chi connectivity index (χ1n) is 12.5. The molecule has 3 aromatic carbocycles. The van der Waals surface area contributed by atoms with E-state index in [9.17, 15) is 14.9 Å². The molecule has 1 amide bonds. The highest BCUT2D eigenvalue weighted by atomic mass is 35.5. The fourth-order valence-corrected chi connectivity index (χ4v) is 5.70. The minimum Gasteiger partial charge on any atom is -0.497 e. The van der Waals surface area contributed by atoms with E-state index in [1.54, 1.807) is 88.1 Å². The third-order valence-electron chi connectivity index (χ3n) is 6.36. The molecule has 0 bridgehead atoms. The molecule has 0 saturated carbocycles. The van der Waals surface area contributed by atoms with E-state index in [0.29, 0.717) is 45.1 Å². The van der Waals surface area contributed by atoms with Crippen molar-refractivity contribution >= 4 is 50.8 Å². The summed E-state index contributed by atoms with van der Waals surface area (Å²) in [5, 5.41) is 13.6. The van der Waals surface area contributed by atoms with Crippen LogP contribution < -0.4 is 19.5 Å². The van der Waals surface area contributed by atoms with Gasteiger partial charge in [0, 0.05) is 21.2 Å². The fraction of sp³-hybridized carbons (Fsp3) is 0.129. The highest BCUT2D eigenvalue weighted by molar-refractivity contribution is 7.21. The summed E-state index contributed by atoms with van der Waals surface area (Å²) in [5.74, 6) is 0.726. The molecule has 5 rings (SSSR count). The summed E-state index contributed by atoms with van der Waals surface area (Å²) in [6.45, 7) is -0.631. The van der Waals surface area contributed by atoms with Gasteiger partial charge >= 0.3 is 5.97 Å². The van der Waals surface area contributed by atoms with E-state index < -0.39 is 18.5 Å². The fourth-order valence-electron chi connectivity index (χ4n) is 4.27. The Labute approximate surface area is 249 Å². The Morgan fingerprint density at radius 2 is 1.50 bits per heavy atom. The van der Waals surface area contributed by atoms with E-state index in [1.807, 2.05) is 0 Å². The predicted molar refractivity (Wildman–Crippen MR) is 160 cm³/mol. The molecule has 0 aliphatic rings. The first-order valence-corrected chi connectivity index (χ1v) is 13.6. The number of fused-ring (bicyclic) bond motifs is 1. The van der Waals surface area contributed by atoms with Crippen LogP contribution in [0.15, 0.2) is 71.1 Å². The topological polar surface area (TPSA) is 120 Å². The van der Waals surface area contributed by atoms with Crippen molar-refractivity contribution in [2.75, 3.05) is 33.3 Å². The summed E-state index contributed by atoms with van der Waals surface area (Å²) >= 11 is 7.54. The van der Waals surface area contributed by atoms with Crippen LogP contribution in [0.1, 0.15) is 15.2 Å². The number of nitrogens with zero attached hydrogens (tertiary/aromatic N) is 1. The SMILES string of the molecule is COc1ccc(-c2oc(NC(=O)COC(=O)c3sc4cc(OC)ccc4c3Cl)c(C#N)c2-c2ccc(OC)cc2)cc1. The molecule has 0 radical (unpaired) electrons. The van der Waals surface area contributed by atoms with E-state index in [1.165, 1.54) is 0 Å². The van der Waals surface area contributed by atoms with Crippen LogP contribution in [0.25, 0.3) is 32.5 Å². The summed E-state index contributed by atoms with van der Waals surface area (Å²) in [6, 6.07) is 21.5. The molecular weight excluding hydrogens is 580 g/mol. The Balaban J connectivity index is 1.41. The lowest BCUT2D eigenvalue weighted by Crippen LogP contribution is -2.20. The van der Waals surface area contributed by atoms with Crippen LogP contribution in [0.2, 0.25) is 5.02 Å². The van der Waals surface area contributed by atoms with Crippen LogP contribution >= 0.6 is 22.9 Å². The van der Waals surface area contributed by atoms with Gasteiger partial charge in [-0.05, 0) is 60.2 Å². The molecule has 2 heterocycles. The van der Waals surface area contributed by atoms with Crippen molar-refractivity contribution in [3.8, 4) is 45.8 Å². The number of anilines is 1. The smallest absolute Gasteiger partial charge is 0.350 e. The highest BCUT2D eigenvalue weighted by Crippen LogP contribution is 2.42. The number of furan rings is 1. The van der Waals surface area contributed by atoms with Gasteiger partial charge in [0.1, 0.15) is 39.5 Å². The minimum absolute atomic E-state index is 0.0813. The number of nitriles is 1. The molecule has 5 aromatic rings.